The minimum absolute atomic E-state index is 0.186. The molecule has 1 unspecified atom stereocenters. The van der Waals surface area contributed by atoms with Crippen molar-refractivity contribution in [1.82, 2.24) is 19.6 Å². The predicted octanol–water partition coefficient (Wildman–Crippen LogP) is 2.86. The monoisotopic (exact) mass is 366 g/mol. The third-order valence-corrected chi connectivity index (χ3v) is 4.25. The number of anilines is 2. The van der Waals surface area contributed by atoms with Crippen LogP contribution in [0.5, 0.6) is 0 Å². The Morgan fingerprint density at radius 3 is 2.44 bits per heavy atom. The van der Waals surface area contributed by atoms with Gasteiger partial charge in [-0.15, -0.1) is 0 Å². The number of nitrogens with zero attached hydrogens (tertiary/aromatic N) is 4. The molecule has 2 heterocycles. The molecule has 0 saturated heterocycles. The van der Waals surface area contributed by atoms with Gasteiger partial charge in [-0.1, -0.05) is 6.07 Å². The fraction of sp³-hybridized carbons (Fsp3) is 0.263. The van der Waals surface area contributed by atoms with E-state index in [4.69, 9.17) is 0 Å². The fourth-order valence-corrected chi connectivity index (χ4v) is 2.79. The summed E-state index contributed by atoms with van der Waals surface area (Å²) in [7, 11) is 0. The van der Waals surface area contributed by atoms with Crippen molar-refractivity contribution in [3.63, 3.8) is 0 Å². The average Bonchev–Trinajstić information content (AvgIpc) is 3.29. The Balaban J connectivity index is 1.69. The van der Waals surface area contributed by atoms with E-state index in [1.807, 2.05) is 19.9 Å². The molecule has 1 atom stereocenters. The molecule has 3 aromatic rings. The van der Waals surface area contributed by atoms with Crippen molar-refractivity contribution in [1.29, 1.82) is 0 Å². The molecular formula is C19H22N6O2. The van der Waals surface area contributed by atoms with Crippen LogP contribution in [0.3, 0.4) is 0 Å². The zero-order valence-electron chi connectivity index (χ0n) is 15.5. The van der Waals surface area contributed by atoms with Crippen LogP contribution in [-0.4, -0.2) is 31.4 Å². The Labute approximate surface area is 157 Å². The van der Waals surface area contributed by atoms with Gasteiger partial charge in [0.05, 0.1) is 0 Å². The summed E-state index contributed by atoms with van der Waals surface area (Å²) in [6, 6.07) is 10.1. The first-order valence-electron chi connectivity index (χ1n) is 8.73. The van der Waals surface area contributed by atoms with Crippen LogP contribution >= 0.6 is 0 Å². The molecule has 2 amide bonds. The number of nitrogens with one attached hydrogen (secondary N) is 2. The third kappa shape index (κ3) is 4.05. The largest absolute Gasteiger partial charge is 0.324 e. The third-order valence-electron chi connectivity index (χ3n) is 4.25. The number of amides is 2. The van der Waals surface area contributed by atoms with Gasteiger partial charge in [-0.25, -0.2) is 0 Å². The quantitative estimate of drug-likeness (QED) is 0.701. The van der Waals surface area contributed by atoms with Gasteiger partial charge in [0, 0.05) is 36.0 Å². The Bertz CT molecular complexity index is 959. The van der Waals surface area contributed by atoms with Crippen molar-refractivity contribution < 1.29 is 9.59 Å². The molecule has 0 spiro atoms. The van der Waals surface area contributed by atoms with Gasteiger partial charge in [-0.3, -0.25) is 19.0 Å². The number of aromatic nitrogens is 4. The molecule has 8 nitrogen and oxygen atoms in total. The number of hydrogen-bond donors (Lipinski definition) is 2. The molecule has 0 saturated carbocycles. The number of carbonyl (C=O) groups is 2. The van der Waals surface area contributed by atoms with E-state index >= 15 is 0 Å². The standard InChI is InChI=1S/C19H22N6O2/c1-4-24-17(9-11-20-24)19(27)23-16-7-5-6-15(12-16)22-18(26)14(3)25-13(2)8-10-21-25/h5-12,14H,4H2,1-3H3,(H,22,26)(H,23,27). The molecule has 2 N–H and O–H groups in total. The van der Waals surface area contributed by atoms with Crippen molar-refractivity contribution >= 4 is 23.2 Å². The lowest BCUT2D eigenvalue weighted by molar-refractivity contribution is -0.119. The van der Waals surface area contributed by atoms with Gasteiger partial charge in [0.25, 0.3) is 5.91 Å². The highest BCUT2D eigenvalue weighted by molar-refractivity contribution is 6.03. The van der Waals surface area contributed by atoms with Crippen LogP contribution in [0.15, 0.2) is 48.8 Å². The van der Waals surface area contributed by atoms with Crippen molar-refractivity contribution in [2.24, 2.45) is 0 Å². The smallest absolute Gasteiger partial charge is 0.273 e. The van der Waals surface area contributed by atoms with Crippen LogP contribution in [0.25, 0.3) is 0 Å². The lowest BCUT2D eigenvalue weighted by Gasteiger charge is -2.15. The second-order valence-electron chi connectivity index (χ2n) is 6.15. The summed E-state index contributed by atoms with van der Waals surface area (Å²) < 4.78 is 3.28. The maximum Gasteiger partial charge on any atom is 0.273 e. The van der Waals surface area contributed by atoms with E-state index in [1.54, 1.807) is 59.0 Å². The highest BCUT2D eigenvalue weighted by Gasteiger charge is 2.17. The first kappa shape index (κ1) is 18.4. The minimum Gasteiger partial charge on any atom is -0.324 e. The number of benzene rings is 1. The molecule has 8 heteroatoms. The molecule has 0 radical (unpaired) electrons. The van der Waals surface area contributed by atoms with Gasteiger partial charge in [0.1, 0.15) is 11.7 Å². The maximum atomic E-state index is 12.5. The van der Waals surface area contributed by atoms with Crippen molar-refractivity contribution in [2.75, 3.05) is 10.6 Å². The van der Waals surface area contributed by atoms with E-state index in [1.165, 1.54) is 0 Å². The van der Waals surface area contributed by atoms with Crippen LogP contribution in [0.1, 0.15) is 36.1 Å². The molecule has 0 bridgehead atoms. The van der Waals surface area contributed by atoms with E-state index in [0.717, 1.165) is 5.69 Å². The van der Waals surface area contributed by atoms with Crippen molar-refractivity contribution in [3.05, 3.63) is 60.2 Å². The zero-order valence-corrected chi connectivity index (χ0v) is 15.5. The van der Waals surface area contributed by atoms with Crippen molar-refractivity contribution in [2.45, 2.75) is 33.4 Å². The minimum atomic E-state index is -0.447. The highest BCUT2D eigenvalue weighted by Crippen LogP contribution is 2.18. The number of aryl methyl sites for hydroxylation is 2. The van der Waals surface area contributed by atoms with Gasteiger partial charge in [0.15, 0.2) is 0 Å². The van der Waals surface area contributed by atoms with Gasteiger partial charge >= 0.3 is 0 Å². The maximum absolute atomic E-state index is 12.5. The van der Waals surface area contributed by atoms with Crippen molar-refractivity contribution in [3.8, 4) is 0 Å². The van der Waals surface area contributed by atoms with E-state index in [9.17, 15) is 9.59 Å². The number of carbonyl (C=O) groups excluding carboxylic acids is 2. The second kappa shape index (κ2) is 7.86. The molecule has 2 aromatic heterocycles. The summed E-state index contributed by atoms with van der Waals surface area (Å²) in [6.45, 7) is 6.21. The first-order valence-corrected chi connectivity index (χ1v) is 8.73. The molecule has 3 rings (SSSR count). The van der Waals surface area contributed by atoms with E-state index in [0.29, 0.717) is 23.6 Å². The zero-order chi connectivity index (χ0) is 19.4. The Kier molecular flexibility index (Phi) is 5.35. The van der Waals surface area contributed by atoms with E-state index < -0.39 is 6.04 Å². The lowest BCUT2D eigenvalue weighted by atomic mass is 10.2. The van der Waals surface area contributed by atoms with Crippen LogP contribution in [0.2, 0.25) is 0 Å². The molecule has 0 aliphatic heterocycles. The Morgan fingerprint density at radius 1 is 1.07 bits per heavy atom. The molecule has 0 aliphatic rings. The molecule has 27 heavy (non-hydrogen) atoms. The number of hydrogen-bond acceptors (Lipinski definition) is 4. The van der Waals surface area contributed by atoms with Gasteiger partial charge < -0.3 is 10.6 Å². The summed E-state index contributed by atoms with van der Waals surface area (Å²) >= 11 is 0. The van der Waals surface area contributed by atoms with Gasteiger partial charge in [-0.2, -0.15) is 10.2 Å². The first-order chi connectivity index (χ1) is 13.0. The summed E-state index contributed by atoms with van der Waals surface area (Å²) in [4.78, 5) is 24.9. The summed E-state index contributed by atoms with van der Waals surface area (Å²) in [6.07, 6.45) is 3.25. The normalized spacial score (nSPS) is 11.8. The van der Waals surface area contributed by atoms with Crippen LogP contribution in [0.4, 0.5) is 11.4 Å². The Hall–Kier alpha value is -3.42. The molecular weight excluding hydrogens is 344 g/mol. The molecule has 0 aliphatic carbocycles. The summed E-state index contributed by atoms with van der Waals surface area (Å²) in [5.41, 5.74) is 2.57. The Morgan fingerprint density at radius 2 is 1.78 bits per heavy atom. The van der Waals surface area contributed by atoms with Crippen LogP contribution in [-0.2, 0) is 11.3 Å². The lowest BCUT2D eigenvalue weighted by Crippen LogP contribution is -2.25. The molecule has 0 fully saturated rings. The highest BCUT2D eigenvalue weighted by atomic mass is 16.2. The second-order valence-corrected chi connectivity index (χ2v) is 6.15. The topological polar surface area (TPSA) is 93.8 Å². The average molecular weight is 366 g/mol. The molecule has 140 valence electrons. The number of rotatable bonds is 6. The van der Waals surface area contributed by atoms with Crippen LogP contribution < -0.4 is 10.6 Å². The van der Waals surface area contributed by atoms with E-state index in [2.05, 4.69) is 20.8 Å². The van der Waals surface area contributed by atoms with Crippen LogP contribution in [0, 0.1) is 6.92 Å². The fourth-order valence-electron chi connectivity index (χ4n) is 2.79. The van der Waals surface area contributed by atoms with Gasteiger partial charge in [-0.05, 0) is 51.1 Å². The van der Waals surface area contributed by atoms with Gasteiger partial charge in [0.2, 0.25) is 5.91 Å². The predicted molar refractivity (Wildman–Crippen MR) is 103 cm³/mol. The molecule has 1 aromatic carbocycles. The summed E-state index contributed by atoms with van der Waals surface area (Å²) in [5, 5.41) is 14.0. The summed E-state index contributed by atoms with van der Waals surface area (Å²) in [5.74, 6) is -0.437. The van der Waals surface area contributed by atoms with E-state index in [-0.39, 0.29) is 11.8 Å². The SMILES string of the molecule is CCn1nccc1C(=O)Nc1cccc(NC(=O)C(C)n2nccc2C)c1.